The third-order valence-electron chi connectivity index (χ3n) is 2.20. The maximum absolute atomic E-state index is 5.51. The number of H-pyrrole nitrogens is 1. The molecule has 78 valence electrons. The maximum atomic E-state index is 5.51. The van der Waals surface area contributed by atoms with Crippen molar-refractivity contribution in [2.24, 2.45) is 0 Å². The summed E-state index contributed by atoms with van der Waals surface area (Å²) in [5.41, 5.74) is 0. The Labute approximate surface area is 91.7 Å². The molecule has 1 aromatic heterocycles. The first-order chi connectivity index (χ1) is 6.84. The normalized spacial score (nSPS) is 21.3. The van der Waals surface area contributed by atoms with E-state index in [1.165, 1.54) is 24.2 Å². The molecule has 1 aliphatic heterocycles. The summed E-state index contributed by atoms with van der Waals surface area (Å²) in [4.78, 5) is 0. The van der Waals surface area contributed by atoms with Crippen LogP contribution in [0.2, 0.25) is 0 Å². The molecular weight excluding hydrogens is 218 g/mol. The van der Waals surface area contributed by atoms with Crippen molar-refractivity contribution in [1.82, 2.24) is 10.2 Å². The number of nitrogens with zero attached hydrogens (tertiary/aromatic N) is 1. The third-order valence-corrected chi connectivity index (χ3v) is 3.25. The van der Waals surface area contributed by atoms with Crippen LogP contribution in [0.5, 0.6) is 0 Å². The summed E-state index contributed by atoms with van der Waals surface area (Å²) in [6.45, 7) is 1.83. The molecular formula is C8H13N3OS2. The molecule has 0 bridgehead atoms. The number of aromatic amines is 1. The first-order valence-corrected chi connectivity index (χ1v) is 5.98. The first-order valence-electron chi connectivity index (χ1n) is 4.75. The molecule has 1 unspecified atom stereocenters. The maximum Gasteiger partial charge on any atom is 0.204 e. The number of rotatable bonds is 4. The van der Waals surface area contributed by atoms with E-state index in [0.29, 0.717) is 10.1 Å². The lowest BCUT2D eigenvalue weighted by atomic mass is 10.2. The van der Waals surface area contributed by atoms with Crippen LogP contribution in [0.1, 0.15) is 19.3 Å². The Balaban J connectivity index is 1.69. The van der Waals surface area contributed by atoms with Crippen LogP contribution in [0.25, 0.3) is 0 Å². The van der Waals surface area contributed by atoms with Gasteiger partial charge in [-0.3, -0.25) is 5.10 Å². The molecule has 14 heavy (non-hydrogen) atoms. The Bertz CT molecular complexity index is 329. The van der Waals surface area contributed by atoms with Crippen LogP contribution in [-0.4, -0.2) is 29.5 Å². The Kier molecular flexibility index (Phi) is 3.49. The van der Waals surface area contributed by atoms with Gasteiger partial charge in [0.2, 0.25) is 5.13 Å². The van der Waals surface area contributed by atoms with Gasteiger partial charge in [-0.2, -0.15) is 0 Å². The highest BCUT2D eigenvalue weighted by Gasteiger charge is 2.14. The van der Waals surface area contributed by atoms with E-state index in [-0.39, 0.29) is 0 Å². The second kappa shape index (κ2) is 4.86. The second-order valence-electron chi connectivity index (χ2n) is 3.27. The molecule has 0 amide bonds. The summed E-state index contributed by atoms with van der Waals surface area (Å²) < 4.78 is 6.22. The molecule has 0 aromatic carbocycles. The van der Waals surface area contributed by atoms with Crippen molar-refractivity contribution in [1.29, 1.82) is 0 Å². The van der Waals surface area contributed by atoms with Crippen molar-refractivity contribution >= 4 is 28.7 Å². The minimum atomic E-state index is 0.439. The van der Waals surface area contributed by atoms with Gasteiger partial charge in [-0.1, -0.05) is 11.3 Å². The van der Waals surface area contributed by atoms with Gasteiger partial charge >= 0.3 is 0 Å². The van der Waals surface area contributed by atoms with Gasteiger partial charge in [0.1, 0.15) is 0 Å². The van der Waals surface area contributed by atoms with Gasteiger partial charge < -0.3 is 10.1 Å². The van der Waals surface area contributed by atoms with E-state index in [9.17, 15) is 0 Å². The molecule has 4 nitrogen and oxygen atoms in total. The molecule has 1 fully saturated rings. The number of ether oxygens (including phenoxy) is 1. The zero-order valence-electron chi connectivity index (χ0n) is 7.78. The van der Waals surface area contributed by atoms with E-state index in [2.05, 4.69) is 15.5 Å². The standard InChI is InChI=1S/C8H13N3OS2/c13-8-11-10-7(14-8)9-4-3-6-2-1-5-12-6/h6H,1-5H2,(H,9,10)(H,11,13). The zero-order chi connectivity index (χ0) is 9.80. The van der Waals surface area contributed by atoms with Gasteiger partial charge in [0.05, 0.1) is 6.10 Å². The fraction of sp³-hybridized carbons (Fsp3) is 0.750. The van der Waals surface area contributed by atoms with Gasteiger partial charge in [0, 0.05) is 13.2 Å². The summed E-state index contributed by atoms with van der Waals surface area (Å²) in [5, 5.41) is 10.8. The lowest BCUT2D eigenvalue weighted by Gasteiger charge is -2.08. The van der Waals surface area contributed by atoms with Gasteiger partial charge in [0.25, 0.3) is 0 Å². The van der Waals surface area contributed by atoms with Crippen molar-refractivity contribution in [2.75, 3.05) is 18.5 Å². The van der Waals surface area contributed by atoms with E-state index in [4.69, 9.17) is 17.0 Å². The molecule has 2 heterocycles. The highest BCUT2D eigenvalue weighted by atomic mass is 32.1. The largest absolute Gasteiger partial charge is 0.378 e. The Hall–Kier alpha value is -0.460. The van der Waals surface area contributed by atoms with Gasteiger partial charge in [-0.05, 0) is 31.5 Å². The van der Waals surface area contributed by atoms with Crippen molar-refractivity contribution in [3.63, 3.8) is 0 Å². The van der Waals surface area contributed by atoms with Crippen LogP contribution in [-0.2, 0) is 4.74 Å². The fourth-order valence-electron chi connectivity index (χ4n) is 1.52. The van der Waals surface area contributed by atoms with Crippen LogP contribution in [0.4, 0.5) is 5.13 Å². The highest BCUT2D eigenvalue weighted by molar-refractivity contribution is 7.73. The Morgan fingerprint density at radius 2 is 2.64 bits per heavy atom. The average Bonchev–Trinajstić information content (AvgIpc) is 2.77. The van der Waals surface area contributed by atoms with Crippen molar-refractivity contribution in [3.8, 4) is 0 Å². The van der Waals surface area contributed by atoms with Gasteiger partial charge in [-0.15, -0.1) is 5.10 Å². The lowest BCUT2D eigenvalue weighted by molar-refractivity contribution is 0.107. The number of nitrogens with one attached hydrogen (secondary N) is 2. The first kappa shape index (κ1) is 10.1. The Morgan fingerprint density at radius 3 is 3.29 bits per heavy atom. The fourth-order valence-corrected chi connectivity index (χ4v) is 2.33. The van der Waals surface area contributed by atoms with E-state index in [1.54, 1.807) is 0 Å². The molecule has 0 saturated carbocycles. The summed E-state index contributed by atoms with van der Waals surface area (Å²) >= 11 is 6.39. The molecule has 2 N–H and O–H groups in total. The Morgan fingerprint density at radius 1 is 1.71 bits per heavy atom. The predicted octanol–water partition coefficient (Wildman–Crippen LogP) is 2.18. The molecule has 1 saturated heterocycles. The number of hydrogen-bond donors (Lipinski definition) is 2. The molecule has 0 spiro atoms. The number of hydrogen-bond acceptors (Lipinski definition) is 5. The van der Waals surface area contributed by atoms with E-state index in [1.807, 2.05) is 0 Å². The van der Waals surface area contributed by atoms with Gasteiger partial charge in [-0.25, -0.2) is 0 Å². The average molecular weight is 231 g/mol. The molecule has 0 radical (unpaired) electrons. The van der Waals surface area contributed by atoms with Crippen molar-refractivity contribution in [2.45, 2.75) is 25.4 Å². The van der Waals surface area contributed by atoms with E-state index < -0.39 is 0 Å². The number of anilines is 1. The summed E-state index contributed by atoms with van der Waals surface area (Å²) in [5.74, 6) is 0. The van der Waals surface area contributed by atoms with Crippen LogP contribution in [0.15, 0.2) is 0 Å². The van der Waals surface area contributed by atoms with Crippen LogP contribution in [0, 0.1) is 3.95 Å². The lowest BCUT2D eigenvalue weighted by Crippen LogP contribution is -2.12. The van der Waals surface area contributed by atoms with Crippen LogP contribution < -0.4 is 5.32 Å². The minimum Gasteiger partial charge on any atom is -0.378 e. The van der Waals surface area contributed by atoms with E-state index >= 15 is 0 Å². The molecule has 1 aliphatic rings. The molecule has 2 rings (SSSR count). The highest BCUT2D eigenvalue weighted by Crippen LogP contribution is 2.16. The summed E-state index contributed by atoms with van der Waals surface area (Å²) in [6.07, 6.45) is 3.88. The molecule has 6 heteroatoms. The number of aromatic nitrogens is 2. The summed E-state index contributed by atoms with van der Waals surface area (Å²) in [7, 11) is 0. The van der Waals surface area contributed by atoms with Crippen molar-refractivity contribution < 1.29 is 4.74 Å². The molecule has 0 aliphatic carbocycles. The molecule has 1 aromatic rings. The predicted molar refractivity (Wildman–Crippen MR) is 59.4 cm³/mol. The smallest absolute Gasteiger partial charge is 0.204 e. The third kappa shape index (κ3) is 2.76. The van der Waals surface area contributed by atoms with Crippen LogP contribution >= 0.6 is 23.6 Å². The van der Waals surface area contributed by atoms with Gasteiger partial charge in [0.15, 0.2) is 3.95 Å². The van der Waals surface area contributed by atoms with Crippen molar-refractivity contribution in [3.05, 3.63) is 3.95 Å². The summed E-state index contributed by atoms with van der Waals surface area (Å²) in [6, 6.07) is 0. The quantitative estimate of drug-likeness (QED) is 0.780. The monoisotopic (exact) mass is 231 g/mol. The minimum absolute atomic E-state index is 0.439. The topological polar surface area (TPSA) is 49.9 Å². The molecule has 1 atom stereocenters. The SMILES string of the molecule is S=c1[nH]nc(NCCC2CCCO2)s1. The second-order valence-corrected chi connectivity index (χ2v) is 4.93. The zero-order valence-corrected chi connectivity index (χ0v) is 9.42. The van der Waals surface area contributed by atoms with E-state index in [0.717, 1.165) is 24.7 Å². The van der Waals surface area contributed by atoms with Crippen LogP contribution in [0.3, 0.4) is 0 Å².